The Morgan fingerprint density at radius 2 is 2.33 bits per heavy atom. The number of nitrogens with two attached hydrogens (primary N) is 1. The van der Waals surface area contributed by atoms with Gasteiger partial charge in [0.15, 0.2) is 0 Å². The van der Waals surface area contributed by atoms with Crippen molar-refractivity contribution in [2.24, 2.45) is 5.73 Å². The Balaban J connectivity index is 2.44. The molecular weight excluding hydrogens is 190 g/mol. The summed E-state index contributed by atoms with van der Waals surface area (Å²) in [6.45, 7) is 3.77. The maximum atomic E-state index is 11.4. The number of carbonyl (C=O) groups is 1. The van der Waals surface area contributed by atoms with Gasteiger partial charge >= 0.3 is 0 Å². The van der Waals surface area contributed by atoms with Crippen LogP contribution in [0.25, 0.3) is 0 Å². The highest BCUT2D eigenvalue weighted by atomic mass is 16.1. The fourth-order valence-corrected chi connectivity index (χ4v) is 1.18. The highest BCUT2D eigenvalue weighted by Crippen LogP contribution is 2.05. The predicted octanol–water partition coefficient (Wildman–Crippen LogP) is 1.46. The maximum absolute atomic E-state index is 11.4. The third-order valence-corrected chi connectivity index (χ3v) is 1.98. The number of nitrogens with zero attached hydrogens (tertiary/aromatic N) is 1. The van der Waals surface area contributed by atoms with Crippen LogP contribution in [-0.2, 0) is 4.79 Å². The van der Waals surface area contributed by atoms with E-state index in [2.05, 4.69) is 10.3 Å². The summed E-state index contributed by atoms with van der Waals surface area (Å²) in [5.41, 5.74) is 6.45. The second-order valence-electron chi connectivity index (χ2n) is 3.73. The Labute approximate surface area is 89.9 Å². The number of hydrogen-bond donors (Lipinski definition) is 2. The standard InChI is InChI=1S/C11H17N3O/c1-8(12)6-7-11(15)14-10-5-3-4-9(2)13-10/h3-5,8H,6-7,12H2,1-2H3,(H,13,14,15). The predicted molar refractivity (Wildman–Crippen MR) is 60.5 cm³/mol. The van der Waals surface area contributed by atoms with Gasteiger partial charge in [-0.25, -0.2) is 4.98 Å². The van der Waals surface area contributed by atoms with Crippen molar-refractivity contribution in [2.45, 2.75) is 32.7 Å². The van der Waals surface area contributed by atoms with Gasteiger partial charge in [0, 0.05) is 18.2 Å². The van der Waals surface area contributed by atoms with Crippen LogP contribution in [0.3, 0.4) is 0 Å². The second kappa shape index (κ2) is 5.46. The van der Waals surface area contributed by atoms with Crippen LogP contribution in [0.2, 0.25) is 0 Å². The van der Waals surface area contributed by atoms with Crippen LogP contribution in [0.5, 0.6) is 0 Å². The normalized spacial score (nSPS) is 12.2. The molecule has 1 aromatic heterocycles. The molecule has 0 aliphatic heterocycles. The molecule has 1 atom stereocenters. The van der Waals surface area contributed by atoms with E-state index in [-0.39, 0.29) is 11.9 Å². The summed E-state index contributed by atoms with van der Waals surface area (Å²) in [6, 6.07) is 5.58. The van der Waals surface area contributed by atoms with Crippen LogP contribution in [0, 0.1) is 6.92 Å². The lowest BCUT2D eigenvalue weighted by Crippen LogP contribution is -2.19. The summed E-state index contributed by atoms with van der Waals surface area (Å²) >= 11 is 0. The number of aryl methyl sites for hydroxylation is 1. The molecule has 0 spiro atoms. The Morgan fingerprint density at radius 3 is 2.93 bits per heavy atom. The Bertz CT molecular complexity index is 336. The summed E-state index contributed by atoms with van der Waals surface area (Å²) in [4.78, 5) is 15.6. The lowest BCUT2D eigenvalue weighted by molar-refractivity contribution is -0.116. The van der Waals surface area contributed by atoms with E-state index in [1.54, 1.807) is 6.07 Å². The van der Waals surface area contributed by atoms with Crippen molar-refractivity contribution in [2.75, 3.05) is 5.32 Å². The van der Waals surface area contributed by atoms with Crippen molar-refractivity contribution < 1.29 is 4.79 Å². The number of carbonyl (C=O) groups excluding carboxylic acids is 1. The fraction of sp³-hybridized carbons (Fsp3) is 0.455. The van der Waals surface area contributed by atoms with Gasteiger partial charge < -0.3 is 11.1 Å². The molecule has 1 rings (SSSR count). The van der Waals surface area contributed by atoms with Crippen LogP contribution >= 0.6 is 0 Å². The van der Waals surface area contributed by atoms with Gasteiger partial charge in [-0.2, -0.15) is 0 Å². The molecule has 4 nitrogen and oxygen atoms in total. The van der Waals surface area contributed by atoms with Crippen LogP contribution in [0.4, 0.5) is 5.82 Å². The van der Waals surface area contributed by atoms with Gasteiger partial charge in [-0.3, -0.25) is 4.79 Å². The van der Waals surface area contributed by atoms with E-state index in [1.165, 1.54) is 0 Å². The molecule has 0 fully saturated rings. The van der Waals surface area contributed by atoms with E-state index in [9.17, 15) is 4.79 Å². The number of pyridine rings is 1. The average molecular weight is 207 g/mol. The number of hydrogen-bond acceptors (Lipinski definition) is 3. The van der Waals surface area contributed by atoms with Gasteiger partial charge in [0.2, 0.25) is 5.91 Å². The smallest absolute Gasteiger partial charge is 0.225 e. The van der Waals surface area contributed by atoms with Crippen molar-refractivity contribution in [3.8, 4) is 0 Å². The highest BCUT2D eigenvalue weighted by molar-refractivity contribution is 5.89. The molecule has 0 saturated heterocycles. The zero-order valence-corrected chi connectivity index (χ0v) is 9.16. The number of nitrogens with one attached hydrogen (secondary N) is 1. The molecule has 1 aromatic rings. The number of rotatable bonds is 4. The SMILES string of the molecule is Cc1cccc(NC(=O)CCC(C)N)n1. The van der Waals surface area contributed by atoms with E-state index in [0.29, 0.717) is 18.7 Å². The van der Waals surface area contributed by atoms with Crippen LogP contribution in [-0.4, -0.2) is 16.9 Å². The topological polar surface area (TPSA) is 68.0 Å². The molecule has 0 radical (unpaired) electrons. The zero-order chi connectivity index (χ0) is 11.3. The minimum Gasteiger partial charge on any atom is -0.328 e. The first-order valence-corrected chi connectivity index (χ1v) is 5.07. The van der Waals surface area contributed by atoms with E-state index < -0.39 is 0 Å². The second-order valence-corrected chi connectivity index (χ2v) is 3.73. The lowest BCUT2D eigenvalue weighted by Gasteiger charge is -2.06. The Morgan fingerprint density at radius 1 is 1.60 bits per heavy atom. The fourth-order valence-electron chi connectivity index (χ4n) is 1.18. The van der Waals surface area contributed by atoms with Crippen molar-refractivity contribution in [3.63, 3.8) is 0 Å². The molecule has 4 heteroatoms. The molecule has 0 saturated carbocycles. The molecule has 0 aliphatic carbocycles. The van der Waals surface area contributed by atoms with Gasteiger partial charge in [0.05, 0.1) is 0 Å². The van der Waals surface area contributed by atoms with Crippen LogP contribution in [0.15, 0.2) is 18.2 Å². The van der Waals surface area contributed by atoms with E-state index in [0.717, 1.165) is 5.69 Å². The molecule has 3 N–H and O–H groups in total. The van der Waals surface area contributed by atoms with E-state index >= 15 is 0 Å². The third-order valence-electron chi connectivity index (χ3n) is 1.98. The minimum absolute atomic E-state index is 0.0367. The van der Waals surface area contributed by atoms with Crippen molar-refractivity contribution in [3.05, 3.63) is 23.9 Å². The lowest BCUT2D eigenvalue weighted by atomic mass is 10.2. The first kappa shape index (κ1) is 11.7. The molecule has 15 heavy (non-hydrogen) atoms. The quantitative estimate of drug-likeness (QED) is 0.785. The largest absolute Gasteiger partial charge is 0.328 e. The summed E-state index contributed by atoms with van der Waals surface area (Å²) in [5.74, 6) is 0.565. The summed E-state index contributed by atoms with van der Waals surface area (Å²) in [5, 5.41) is 2.73. The van der Waals surface area contributed by atoms with Crippen LogP contribution < -0.4 is 11.1 Å². The van der Waals surface area contributed by atoms with Crippen molar-refractivity contribution >= 4 is 11.7 Å². The maximum Gasteiger partial charge on any atom is 0.225 e. The van der Waals surface area contributed by atoms with Gasteiger partial charge in [-0.1, -0.05) is 6.07 Å². The average Bonchev–Trinajstić information content (AvgIpc) is 2.15. The zero-order valence-electron chi connectivity index (χ0n) is 9.16. The Kier molecular flexibility index (Phi) is 4.24. The molecule has 0 aliphatic rings. The van der Waals surface area contributed by atoms with E-state index in [1.807, 2.05) is 26.0 Å². The minimum atomic E-state index is -0.0367. The van der Waals surface area contributed by atoms with Crippen molar-refractivity contribution in [1.82, 2.24) is 4.98 Å². The number of amides is 1. The van der Waals surface area contributed by atoms with Gasteiger partial charge in [-0.15, -0.1) is 0 Å². The molecule has 82 valence electrons. The summed E-state index contributed by atoms with van der Waals surface area (Å²) < 4.78 is 0. The molecule has 0 bridgehead atoms. The molecule has 0 aromatic carbocycles. The van der Waals surface area contributed by atoms with Crippen molar-refractivity contribution in [1.29, 1.82) is 0 Å². The summed E-state index contributed by atoms with van der Waals surface area (Å²) in [6.07, 6.45) is 1.13. The summed E-state index contributed by atoms with van der Waals surface area (Å²) in [7, 11) is 0. The van der Waals surface area contributed by atoms with E-state index in [4.69, 9.17) is 5.73 Å². The first-order valence-electron chi connectivity index (χ1n) is 5.07. The molecule has 1 amide bonds. The van der Waals surface area contributed by atoms with Gasteiger partial charge in [0.25, 0.3) is 0 Å². The molecular formula is C11H17N3O. The Hall–Kier alpha value is -1.42. The van der Waals surface area contributed by atoms with Crippen LogP contribution in [0.1, 0.15) is 25.5 Å². The number of anilines is 1. The monoisotopic (exact) mass is 207 g/mol. The number of aromatic nitrogens is 1. The van der Waals surface area contributed by atoms with Gasteiger partial charge in [0.1, 0.15) is 5.82 Å². The third kappa shape index (κ3) is 4.56. The molecule has 1 unspecified atom stereocenters. The highest BCUT2D eigenvalue weighted by Gasteiger charge is 2.04. The first-order chi connectivity index (χ1) is 7.08. The van der Waals surface area contributed by atoms with Gasteiger partial charge in [-0.05, 0) is 32.4 Å². The molecule has 1 heterocycles.